The van der Waals surface area contributed by atoms with Crippen LogP contribution in [0.3, 0.4) is 0 Å². The van der Waals surface area contributed by atoms with Gasteiger partial charge in [0.2, 0.25) is 0 Å². The van der Waals surface area contributed by atoms with Crippen LogP contribution in [0.4, 0.5) is 9.59 Å². The third-order valence-corrected chi connectivity index (χ3v) is 4.59. The maximum atomic E-state index is 11.5. The molecule has 2 rings (SSSR count). The van der Waals surface area contributed by atoms with Gasteiger partial charge in [-0.05, 0) is 106 Å². The van der Waals surface area contributed by atoms with Crippen molar-refractivity contribution in [3.63, 3.8) is 0 Å². The maximum absolute atomic E-state index is 11.5. The average molecular weight is 429 g/mol. The van der Waals surface area contributed by atoms with E-state index in [2.05, 4.69) is 21.3 Å². The highest BCUT2D eigenvalue weighted by atomic mass is 16.6. The molecule has 8 heteroatoms. The molecule has 2 saturated heterocycles. The monoisotopic (exact) mass is 428 g/mol. The Morgan fingerprint density at radius 3 is 1.37 bits per heavy atom. The molecular weight excluding hydrogens is 384 g/mol. The van der Waals surface area contributed by atoms with Crippen molar-refractivity contribution in [2.45, 2.75) is 103 Å². The second-order valence-corrected chi connectivity index (χ2v) is 10.0. The zero-order chi connectivity index (χ0) is 22.6. The molecule has 4 N–H and O–H groups in total. The van der Waals surface area contributed by atoms with Gasteiger partial charge in [0.25, 0.3) is 0 Å². The number of rotatable bonds is 2. The third-order valence-electron chi connectivity index (χ3n) is 4.59. The number of amides is 2. The Morgan fingerprint density at radius 2 is 1.03 bits per heavy atom. The zero-order valence-corrected chi connectivity index (χ0v) is 19.9. The van der Waals surface area contributed by atoms with E-state index < -0.39 is 11.2 Å². The summed E-state index contributed by atoms with van der Waals surface area (Å²) in [6, 6.07) is 0.518. The molecule has 0 aliphatic carbocycles. The molecule has 1 unspecified atom stereocenters. The third kappa shape index (κ3) is 14.4. The van der Waals surface area contributed by atoms with Crippen molar-refractivity contribution in [1.29, 1.82) is 0 Å². The predicted molar refractivity (Wildman–Crippen MR) is 120 cm³/mol. The number of alkyl carbamates (subject to hydrolysis) is 2. The van der Waals surface area contributed by atoms with Crippen molar-refractivity contribution < 1.29 is 19.1 Å². The molecule has 2 amide bonds. The molecular formula is C22H44N4O4. The van der Waals surface area contributed by atoms with Crippen molar-refractivity contribution in [2.75, 3.05) is 26.2 Å². The van der Waals surface area contributed by atoms with Gasteiger partial charge < -0.3 is 30.7 Å². The molecule has 176 valence electrons. The molecule has 0 aromatic carbocycles. The van der Waals surface area contributed by atoms with Gasteiger partial charge >= 0.3 is 12.2 Å². The van der Waals surface area contributed by atoms with Gasteiger partial charge in [-0.15, -0.1) is 0 Å². The fraction of sp³-hybridized carbons (Fsp3) is 0.909. The summed E-state index contributed by atoms with van der Waals surface area (Å²) in [5.41, 5.74) is -0.819. The first kappa shape index (κ1) is 26.5. The summed E-state index contributed by atoms with van der Waals surface area (Å²) in [6.07, 6.45) is 5.67. The first-order chi connectivity index (χ1) is 13.9. The van der Waals surface area contributed by atoms with Crippen LogP contribution >= 0.6 is 0 Å². The lowest BCUT2D eigenvalue weighted by molar-refractivity contribution is 0.0488. The molecule has 0 saturated carbocycles. The van der Waals surface area contributed by atoms with Crippen LogP contribution in [0.25, 0.3) is 0 Å². The van der Waals surface area contributed by atoms with Gasteiger partial charge in [0, 0.05) is 12.1 Å². The van der Waals surface area contributed by atoms with Crippen LogP contribution in [-0.4, -0.2) is 61.7 Å². The van der Waals surface area contributed by atoms with Crippen molar-refractivity contribution in [2.24, 2.45) is 0 Å². The summed E-state index contributed by atoms with van der Waals surface area (Å²) >= 11 is 0. The van der Waals surface area contributed by atoms with E-state index in [1.165, 1.54) is 0 Å². The summed E-state index contributed by atoms with van der Waals surface area (Å²) in [7, 11) is 0. The molecule has 2 atom stereocenters. The Balaban J connectivity index is 0.000000300. The van der Waals surface area contributed by atoms with Gasteiger partial charge in [-0.3, -0.25) is 0 Å². The zero-order valence-electron chi connectivity index (χ0n) is 19.9. The van der Waals surface area contributed by atoms with Gasteiger partial charge in [0.05, 0.1) is 0 Å². The van der Waals surface area contributed by atoms with E-state index in [0.29, 0.717) is 0 Å². The van der Waals surface area contributed by atoms with E-state index in [4.69, 9.17) is 9.47 Å². The first-order valence-corrected chi connectivity index (χ1v) is 11.3. The lowest BCUT2D eigenvalue weighted by Crippen LogP contribution is -2.39. The highest BCUT2D eigenvalue weighted by Crippen LogP contribution is 2.10. The fourth-order valence-corrected chi connectivity index (χ4v) is 3.28. The number of ether oxygens (including phenoxy) is 2. The quantitative estimate of drug-likeness (QED) is 0.538. The van der Waals surface area contributed by atoms with E-state index in [1.807, 2.05) is 41.5 Å². The minimum absolute atomic E-state index is 0.259. The Morgan fingerprint density at radius 1 is 0.667 bits per heavy atom. The summed E-state index contributed by atoms with van der Waals surface area (Å²) in [4.78, 5) is 23.0. The van der Waals surface area contributed by atoms with Crippen LogP contribution in [0.5, 0.6) is 0 Å². The molecule has 0 aromatic heterocycles. The van der Waals surface area contributed by atoms with E-state index >= 15 is 0 Å². The molecule has 30 heavy (non-hydrogen) atoms. The lowest BCUT2D eigenvalue weighted by atomic mass is 10.1. The highest BCUT2D eigenvalue weighted by Gasteiger charge is 2.21. The number of hydrogen-bond donors (Lipinski definition) is 4. The van der Waals surface area contributed by atoms with Gasteiger partial charge in [0.15, 0.2) is 0 Å². The molecule has 0 radical (unpaired) electrons. The van der Waals surface area contributed by atoms with E-state index in [-0.39, 0.29) is 24.3 Å². The molecule has 2 heterocycles. The summed E-state index contributed by atoms with van der Waals surface area (Å²) in [6.45, 7) is 15.3. The number of carbonyl (C=O) groups excluding carboxylic acids is 2. The van der Waals surface area contributed by atoms with Crippen LogP contribution in [0.1, 0.15) is 80.1 Å². The molecule has 0 aromatic rings. The van der Waals surface area contributed by atoms with Gasteiger partial charge in [-0.25, -0.2) is 9.59 Å². The number of nitrogens with one attached hydrogen (secondary N) is 4. The van der Waals surface area contributed by atoms with E-state index in [1.54, 1.807) is 0 Å². The number of carbonyl (C=O) groups is 2. The molecule has 2 fully saturated rings. The largest absolute Gasteiger partial charge is 0.444 e. The fourth-order valence-electron chi connectivity index (χ4n) is 3.28. The number of hydrogen-bond acceptors (Lipinski definition) is 6. The van der Waals surface area contributed by atoms with Gasteiger partial charge in [-0.1, -0.05) is 0 Å². The van der Waals surface area contributed by atoms with E-state index in [9.17, 15) is 9.59 Å². The topological polar surface area (TPSA) is 101 Å². The van der Waals surface area contributed by atoms with Gasteiger partial charge in [-0.2, -0.15) is 0 Å². The lowest BCUT2D eigenvalue weighted by Gasteiger charge is -2.22. The predicted octanol–water partition coefficient (Wildman–Crippen LogP) is 3.31. The summed E-state index contributed by atoms with van der Waals surface area (Å²) in [5, 5.41) is 12.4. The van der Waals surface area contributed by atoms with Crippen LogP contribution in [0.15, 0.2) is 0 Å². The van der Waals surface area contributed by atoms with Crippen LogP contribution in [0, 0.1) is 0 Å². The SMILES string of the molecule is CC(C)(C)OC(=O)NC1CCCNCC1.CC(C)(C)OC(=O)N[C@@H]1CCCNCC1. The summed E-state index contributed by atoms with van der Waals surface area (Å²) < 4.78 is 10.4. The van der Waals surface area contributed by atoms with Crippen LogP contribution in [0.2, 0.25) is 0 Å². The normalized spacial score (nSPS) is 23.0. The Bertz CT molecular complexity index is 452. The van der Waals surface area contributed by atoms with Crippen LogP contribution in [-0.2, 0) is 9.47 Å². The van der Waals surface area contributed by atoms with Crippen LogP contribution < -0.4 is 21.3 Å². The molecule has 0 spiro atoms. The molecule has 8 nitrogen and oxygen atoms in total. The van der Waals surface area contributed by atoms with E-state index in [0.717, 1.165) is 64.7 Å². The van der Waals surface area contributed by atoms with Crippen molar-refractivity contribution in [1.82, 2.24) is 21.3 Å². The minimum Gasteiger partial charge on any atom is -0.444 e. The van der Waals surface area contributed by atoms with Crippen molar-refractivity contribution in [3.8, 4) is 0 Å². The minimum atomic E-state index is -0.410. The first-order valence-electron chi connectivity index (χ1n) is 11.3. The second kappa shape index (κ2) is 13.0. The molecule has 2 aliphatic heterocycles. The van der Waals surface area contributed by atoms with Crippen molar-refractivity contribution >= 4 is 12.2 Å². The average Bonchev–Trinajstić information content (AvgIpc) is 2.97. The standard InChI is InChI=1S/2C11H22N2O2/c2*1-11(2,3)15-10(14)13-9-5-4-7-12-8-6-9/h2*9,12H,4-8H2,1-3H3,(H,13,14)/t9-;/m1./s1. The Labute approximate surface area is 182 Å². The second-order valence-electron chi connectivity index (χ2n) is 10.0. The van der Waals surface area contributed by atoms with Gasteiger partial charge in [0.1, 0.15) is 11.2 Å². The smallest absolute Gasteiger partial charge is 0.407 e. The Kier molecular flexibility index (Phi) is 11.5. The Hall–Kier alpha value is -1.54. The molecule has 2 aliphatic rings. The molecule has 0 bridgehead atoms. The van der Waals surface area contributed by atoms with Crippen molar-refractivity contribution in [3.05, 3.63) is 0 Å². The summed E-state index contributed by atoms with van der Waals surface area (Å²) in [5.74, 6) is 0. The maximum Gasteiger partial charge on any atom is 0.407 e. The highest BCUT2D eigenvalue weighted by molar-refractivity contribution is 5.68.